The minimum Gasteiger partial charge on any atom is -0.328 e. The molecule has 1 aliphatic carbocycles. The molecule has 14 heavy (non-hydrogen) atoms. The van der Waals surface area contributed by atoms with Gasteiger partial charge in [0.2, 0.25) is 0 Å². The molecule has 2 nitrogen and oxygen atoms in total. The summed E-state index contributed by atoms with van der Waals surface area (Å²) in [6.45, 7) is 0.929. The summed E-state index contributed by atoms with van der Waals surface area (Å²) in [6.07, 6.45) is 2.23. The molecule has 1 aromatic rings. The van der Waals surface area contributed by atoms with E-state index in [0.717, 1.165) is 19.4 Å². The Labute approximate surface area is 93.0 Å². The van der Waals surface area contributed by atoms with Gasteiger partial charge >= 0.3 is 0 Å². The van der Waals surface area contributed by atoms with E-state index in [1.807, 2.05) is 6.07 Å². The van der Waals surface area contributed by atoms with Crippen molar-refractivity contribution in [2.75, 3.05) is 0 Å². The summed E-state index contributed by atoms with van der Waals surface area (Å²) >= 11 is 3.53. The van der Waals surface area contributed by atoms with Gasteiger partial charge in [-0.1, -0.05) is 34.1 Å². The van der Waals surface area contributed by atoms with Crippen molar-refractivity contribution in [3.8, 4) is 0 Å². The number of halogens is 1. The number of hydrogen-bond donors (Lipinski definition) is 2. The molecule has 0 spiro atoms. The van der Waals surface area contributed by atoms with Crippen LogP contribution in [0.3, 0.4) is 0 Å². The number of rotatable bonds is 3. The highest BCUT2D eigenvalue weighted by atomic mass is 79.9. The predicted octanol–water partition coefficient (Wildman–Crippen LogP) is 2.03. The van der Waals surface area contributed by atoms with E-state index in [1.54, 1.807) is 0 Å². The first-order valence-corrected chi connectivity index (χ1v) is 5.77. The Balaban J connectivity index is 1.83. The van der Waals surface area contributed by atoms with Crippen molar-refractivity contribution in [1.29, 1.82) is 0 Å². The molecule has 0 radical (unpaired) electrons. The zero-order valence-electron chi connectivity index (χ0n) is 8.04. The average Bonchev–Trinajstić information content (AvgIpc) is 2.13. The Bertz CT molecular complexity index is 308. The summed E-state index contributed by atoms with van der Waals surface area (Å²) in [6, 6.07) is 9.35. The van der Waals surface area contributed by atoms with E-state index in [4.69, 9.17) is 5.73 Å². The lowest BCUT2D eigenvalue weighted by Gasteiger charge is -2.33. The van der Waals surface area contributed by atoms with Crippen LogP contribution in [0.25, 0.3) is 0 Å². The van der Waals surface area contributed by atoms with Crippen LogP contribution in [0, 0.1) is 0 Å². The van der Waals surface area contributed by atoms with Crippen LogP contribution in [0.1, 0.15) is 18.4 Å². The van der Waals surface area contributed by atoms with Gasteiger partial charge in [0.05, 0.1) is 0 Å². The molecule has 1 aromatic carbocycles. The first-order chi connectivity index (χ1) is 6.75. The standard InChI is InChI=1S/C11H15BrN2/c12-11-4-2-1-3-8(11)7-14-10-5-9(13)6-10/h1-4,9-10,14H,5-7,13H2. The first kappa shape index (κ1) is 10.1. The van der Waals surface area contributed by atoms with E-state index in [0.29, 0.717) is 12.1 Å². The maximum absolute atomic E-state index is 5.72. The van der Waals surface area contributed by atoms with Crippen LogP contribution in [0.5, 0.6) is 0 Å². The molecule has 1 fully saturated rings. The monoisotopic (exact) mass is 254 g/mol. The Morgan fingerprint density at radius 1 is 1.36 bits per heavy atom. The normalized spacial score (nSPS) is 25.9. The van der Waals surface area contributed by atoms with Crippen molar-refractivity contribution in [3.63, 3.8) is 0 Å². The second-order valence-corrected chi connectivity index (χ2v) is 4.76. The third kappa shape index (κ3) is 2.35. The number of hydrogen-bond acceptors (Lipinski definition) is 2. The molecular formula is C11H15BrN2. The highest BCUT2D eigenvalue weighted by Crippen LogP contribution is 2.20. The topological polar surface area (TPSA) is 38.0 Å². The summed E-state index contributed by atoms with van der Waals surface area (Å²) in [5, 5.41) is 3.50. The second-order valence-electron chi connectivity index (χ2n) is 3.90. The minimum atomic E-state index is 0.423. The van der Waals surface area contributed by atoms with E-state index in [2.05, 4.69) is 39.4 Å². The Morgan fingerprint density at radius 2 is 2.07 bits per heavy atom. The molecule has 0 aromatic heterocycles. The molecule has 1 aliphatic rings. The van der Waals surface area contributed by atoms with Gasteiger partial charge in [-0.05, 0) is 24.5 Å². The third-order valence-corrected chi connectivity index (χ3v) is 3.49. The van der Waals surface area contributed by atoms with Crippen LogP contribution in [0.15, 0.2) is 28.7 Å². The van der Waals surface area contributed by atoms with Crippen molar-refractivity contribution < 1.29 is 0 Å². The van der Waals surface area contributed by atoms with Crippen LogP contribution in [0.4, 0.5) is 0 Å². The lowest BCUT2D eigenvalue weighted by atomic mass is 9.87. The second kappa shape index (κ2) is 4.43. The van der Waals surface area contributed by atoms with Gasteiger partial charge in [0.25, 0.3) is 0 Å². The highest BCUT2D eigenvalue weighted by molar-refractivity contribution is 9.10. The van der Waals surface area contributed by atoms with Crippen molar-refractivity contribution >= 4 is 15.9 Å². The number of nitrogens with one attached hydrogen (secondary N) is 1. The molecule has 0 unspecified atom stereocenters. The van der Waals surface area contributed by atoms with Crippen molar-refractivity contribution in [3.05, 3.63) is 34.3 Å². The lowest BCUT2D eigenvalue weighted by Crippen LogP contribution is -2.48. The molecular weight excluding hydrogens is 240 g/mol. The summed E-state index contributed by atoms with van der Waals surface area (Å²) < 4.78 is 1.18. The molecule has 0 heterocycles. The maximum atomic E-state index is 5.72. The van der Waals surface area contributed by atoms with E-state index < -0.39 is 0 Å². The van der Waals surface area contributed by atoms with E-state index in [9.17, 15) is 0 Å². The summed E-state index contributed by atoms with van der Waals surface area (Å²) in [5.41, 5.74) is 7.03. The molecule has 2 rings (SSSR count). The van der Waals surface area contributed by atoms with Gasteiger partial charge < -0.3 is 11.1 Å². The van der Waals surface area contributed by atoms with Gasteiger partial charge in [-0.25, -0.2) is 0 Å². The molecule has 1 saturated carbocycles. The summed E-state index contributed by atoms with van der Waals surface area (Å²) in [7, 11) is 0. The first-order valence-electron chi connectivity index (χ1n) is 4.98. The number of benzene rings is 1. The van der Waals surface area contributed by atoms with Crippen molar-refractivity contribution in [2.45, 2.75) is 31.5 Å². The van der Waals surface area contributed by atoms with Gasteiger partial charge in [0.1, 0.15) is 0 Å². The molecule has 0 saturated heterocycles. The van der Waals surface area contributed by atoms with Gasteiger partial charge in [-0.15, -0.1) is 0 Å². The third-order valence-electron chi connectivity index (χ3n) is 2.71. The highest BCUT2D eigenvalue weighted by Gasteiger charge is 2.24. The smallest absolute Gasteiger partial charge is 0.0220 e. The fourth-order valence-electron chi connectivity index (χ4n) is 1.72. The Kier molecular flexibility index (Phi) is 3.21. The van der Waals surface area contributed by atoms with E-state index in [1.165, 1.54) is 10.0 Å². The molecule has 0 aliphatic heterocycles. The fraction of sp³-hybridized carbons (Fsp3) is 0.455. The van der Waals surface area contributed by atoms with Crippen LogP contribution >= 0.6 is 15.9 Å². The molecule has 76 valence electrons. The van der Waals surface area contributed by atoms with Crippen LogP contribution < -0.4 is 11.1 Å². The molecule has 0 atom stereocenters. The van der Waals surface area contributed by atoms with Crippen LogP contribution in [0.2, 0.25) is 0 Å². The molecule has 3 heteroatoms. The minimum absolute atomic E-state index is 0.423. The van der Waals surface area contributed by atoms with Gasteiger partial charge in [0.15, 0.2) is 0 Å². The average molecular weight is 255 g/mol. The van der Waals surface area contributed by atoms with Gasteiger partial charge in [-0.2, -0.15) is 0 Å². The molecule has 0 amide bonds. The van der Waals surface area contributed by atoms with Crippen molar-refractivity contribution in [1.82, 2.24) is 5.32 Å². The summed E-state index contributed by atoms with van der Waals surface area (Å²) in [5.74, 6) is 0. The van der Waals surface area contributed by atoms with E-state index in [-0.39, 0.29) is 0 Å². The Hall–Kier alpha value is -0.380. The quantitative estimate of drug-likeness (QED) is 0.867. The predicted molar refractivity (Wildman–Crippen MR) is 62.0 cm³/mol. The van der Waals surface area contributed by atoms with Crippen molar-refractivity contribution in [2.24, 2.45) is 5.73 Å². The zero-order chi connectivity index (χ0) is 9.97. The maximum Gasteiger partial charge on any atom is 0.0220 e. The van der Waals surface area contributed by atoms with Gasteiger partial charge in [0, 0.05) is 23.1 Å². The van der Waals surface area contributed by atoms with E-state index >= 15 is 0 Å². The van der Waals surface area contributed by atoms with Crippen LogP contribution in [-0.4, -0.2) is 12.1 Å². The van der Waals surface area contributed by atoms with Crippen LogP contribution in [-0.2, 0) is 6.54 Å². The molecule has 3 N–H and O–H groups in total. The zero-order valence-corrected chi connectivity index (χ0v) is 9.63. The summed E-state index contributed by atoms with van der Waals surface area (Å²) in [4.78, 5) is 0. The largest absolute Gasteiger partial charge is 0.328 e. The molecule has 0 bridgehead atoms. The fourth-order valence-corrected chi connectivity index (χ4v) is 2.15. The lowest BCUT2D eigenvalue weighted by molar-refractivity contribution is 0.290. The number of nitrogens with two attached hydrogens (primary N) is 1. The SMILES string of the molecule is NC1CC(NCc2ccccc2Br)C1. The van der Waals surface area contributed by atoms with Gasteiger partial charge in [-0.3, -0.25) is 0 Å². The Morgan fingerprint density at radius 3 is 2.71 bits per heavy atom.